The van der Waals surface area contributed by atoms with Crippen LogP contribution >= 0.6 is 24.0 Å². The molecule has 0 aliphatic heterocycles. The first-order valence-electron chi connectivity index (χ1n) is 8.52. The Morgan fingerprint density at radius 1 is 1.15 bits per heavy atom. The Bertz CT molecular complexity index is 756. The fraction of sp³-hybridized carbons (Fsp3) is 0.350. The van der Waals surface area contributed by atoms with Gasteiger partial charge in [0.2, 0.25) is 0 Å². The smallest absolute Gasteiger partial charge is 0.191 e. The standard InChI is InChI=1S/C20H26FN3O2.HI/c1-14-7-5-6-8-18(14)26-15(2)12-23-20(22-3)24-13-16-9-10-19(25-4)17(21)11-16;/h5-11,15H,12-13H2,1-4H3,(H2,22,23,24);1H. The van der Waals surface area contributed by atoms with Crippen molar-refractivity contribution in [3.8, 4) is 11.5 Å². The summed E-state index contributed by atoms with van der Waals surface area (Å²) in [6.07, 6.45) is -0.0342. The molecule has 148 valence electrons. The Kier molecular flexibility index (Phi) is 9.92. The molecule has 0 bridgehead atoms. The summed E-state index contributed by atoms with van der Waals surface area (Å²) in [6, 6.07) is 12.8. The van der Waals surface area contributed by atoms with Gasteiger partial charge in [-0.25, -0.2) is 4.39 Å². The van der Waals surface area contributed by atoms with Gasteiger partial charge in [0, 0.05) is 13.6 Å². The summed E-state index contributed by atoms with van der Waals surface area (Å²) in [7, 11) is 3.14. The largest absolute Gasteiger partial charge is 0.494 e. The van der Waals surface area contributed by atoms with Crippen LogP contribution in [0.15, 0.2) is 47.5 Å². The molecule has 7 heteroatoms. The van der Waals surface area contributed by atoms with Crippen molar-refractivity contribution in [2.24, 2.45) is 4.99 Å². The minimum absolute atomic E-state index is 0. The molecule has 0 saturated carbocycles. The molecule has 5 nitrogen and oxygen atoms in total. The molecule has 2 aromatic rings. The van der Waals surface area contributed by atoms with Crippen molar-refractivity contribution in [3.63, 3.8) is 0 Å². The van der Waals surface area contributed by atoms with E-state index >= 15 is 0 Å². The average Bonchev–Trinajstić information content (AvgIpc) is 2.64. The molecular formula is C20H27FIN3O2. The van der Waals surface area contributed by atoms with Crippen LogP contribution in [0.25, 0.3) is 0 Å². The number of nitrogens with one attached hydrogen (secondary N) is 2. The van der Waals surface area contributed by atoms with E-state index in [1.54, 1.807) is 13.1 Å². The number of rotatable bonds is 7. The topological polar surface area (TPSA) is 54.9 Å². The zero-order chi connectivity index (χ0) is 18.9. The fourth-order valence-electron chi connectivity index (χ4n) is 2.41. The van der Waals surface area contributed by atoms with Gasteiger partial charge in [-0.05, 0) is 43.2 Å². The maximum Gasteiger partial charge on any atom is 0.191 e. The minimum atomic E-state index is -0.380. The Labute approximate surface area is 177 Å². The highest BCUT2D eigenvalue weighted by Crippen LogP contribution is 2.18. The second-order valence-electron chi connectivity index (χ2n) is 5.97. The van der Waals surface area contributed by atoms with Crippen molar-refractivity contribution >= 4 is 29.9 Å². The zero-order valence-corrected chi connectivity index (χ0v) is 18.4. The molecule has 0 spiro atoms. The summed E-state index contributed by atoms with van der Waals surface area (Å²) in [6.45, 7) is 5.05. The summed E-state index contributed by atoms with van der Waals surface area (Å²) in [4.78, 5) is 4.18. The molecule has 0 amide bonds. The van der Waals surface area contributed by atoms with Crippen LogP contribution in [0.5, 0.6) is 11.5 Å². The van der Waals surface area contributed by atoms with E-state index < -0.39 is 0 Å². The molecule has 0 aliphatic carbocycles. The average molecular weight is 487 g/mol. The molecule has 1 atom stereocenters. The lowest BCUT2D eigenvalue weighted by atomic mass is 10.2. The molecule has 1 unspecified atom stereocenters. The van der Waals surface area contributed by atoms with E-state index in [0.29, 0.717) is 19.0 Å². The Hall–Kier alpha value is -2.03. The molecule has 27 heavy (non-hydrogen) atoms. The molecule has 2 N–H and O–H groups in total. The normalized spacial score (nSPS) is 12.0. The number of hydrogen-bond donors (Lipinski definition) is 2. The highest BCUT2D eigenvalue weighted by atomic mass is 127. The van der Waals surface area contributed by atoms with Crippen LogP contribution in [0, 0.1) is 12.7 Å². The number of para-hydroxylation sites is 1. The van der Waals surface area contributed by atoms with Gasteiger partial charge in [-0.15, -0.1) is 24.0 Å². The highest BCUT2D eigenvalue weighted by molar-refractivity contribution is 14.0. The molecule has 0 heterocycles. The van der Waals surface area contributed by atoms with E-state index in [-0.39, 0.29) is 41.6 Å². The van der Waals surface area contributed by atoms with Crippen molar-refractivity contribution in [1.82, 2.24) is 10.6 Å². The third-order valence-electron chi connectivity index (χ3n) is 3.88. The minimum Gasteiger partial charge on any atom is -0.494 e. The van der Waals surface area contributed by atoms with Crippen LogP contribution in [0.1, 0.15) is 18.1 Å². The summed E-state index contributed by atoms with van der Waals surface area (Å²) < 4.78 is 24.6. The summed E-state index contributed by atoms with van der Waals surface area (Å²) in [5, 5.41) is 6.37. The number of aliphatic imine (C=N–C) groups is 1. The first-order valence-corrected chi connectivity index (χ1v) is 8.52. The summed E-state index contributed by atoms with van der Waals surface area (Å²) in [5.41, 5.74) is 1.90. The van der Waals surface area contributed by atoms with Gasteiger partial charge in [0.1, 0.15) is 11.9 Å². The SMILES string of the molecule is CN=C(NCc1ccc(OC)c(F)c1)NCC(C)Oc1ccccc1C.I. The lowest BCUT2D eigenvalue weighted by Crippen LogP contribution is -2.41. The number of ether oxygens (including phenoxy) is 2. The predicted molar refractivity (Wildman–Crippen MR) is 118 cm³/mol. The van der Waals surface area contributed by atoms with Crippen molar-refractivity contribution in [2.75, 3.05) is 20.7 Å². The zero-order valence-electron chi connectivity index (χ0n) is 16.1. The van der Waals surface area contributed by atoms with E-state index in [9.17, 15) is 4.39 Å². The van der Waals surface area contributed by atoms with E-state index in [1.807, 2.05) is 44.2 Å². The van der Waals surface area contributed by atoms with Crippen LogP contribution in [-0.2, 0) is 6.54 Å². The first-order chi connectivity index (χ1) is 12.5. The van der Waals surface area contributed by atoms with E-state index in [1.165, 1.54) is 13.2 Å². The Morgan fingerprint density at radius 2 is 1.89 bits per heavy atom. The maximum atomic E-state index is 13.7. The van der Waals surface area contributed by atoms with Crippen LogP contribution < -0.4 is 20.1 Å². The van der Waals surface area contributed by atoms with Crippen molar-refractivity contribution < 1.29 is 13.9 Å². The molecule has 0 saturated heterocycles. The van der Waals surface area contributed by atoms with E-state index in [0.717, 1.165) is 16.9 Å². The van der Waals surface area contributed by atoms with Gasteiger partial charge in [0.15, 0.2) is 17.5 Å². The Balaban J connectivity index is 0.00000364. The van der Waals surface area contributed by atoms with Crippen molar-refractivity contribution in [1.29, 1.82) is 0 Å². The summed E-state index contributed by atoms with van der Waals surface area (Å²) in [5.74, 6) is 1.35. The quantitative estimate of drug-likeness (QED) is 0.354. The van der Waals surface area contributed by atoms with Crippen LogP contribution in [0.3, 0.4) is 0 Å². The number of aryl methyl sites for hydroxylation is 1. The third kappa shape index (κ3) is 7.24. The van der Waals surface area contributed by atoms with Gasteiger partial charge in [-0.1, -0.05) is 24.3 Å². The number of methoxy groups -OCH3 is 1. The van der Waals surface area contributed by atoms with Gasteiger partial charge in [0.05, 0.1) is 13.7 Å². The van der Waals surface area contributed by atoms with Gasteiger partial charge >= 0.3 is 0 Å². The van der Waals surface area contributed by atoms with E-state index in [2.05, 4.69) is 15.6 Å². The predicted octanol–water partition coefficient (Wildman–Crippen LogP) is 3.89. The van der Waals surface area contributed by atoms with Crippen LogP contribution in [0.4, 0.5) is 4.39 Å². The van der Waals surface area contributed by atoms with Gasteiger partial charge in [-0.2, -0.15) is 0 Å². The molecular weight excluding hydrogens is 460 g/mol. The number of nitrogens with zero attached hydrogens (tertiary/aromatic N) is 1. The second-order valence-corrected chi connectivity index (χ2v) is 5.97. The number of halogens is 2. The van der Waals surface area contributed by atoms with Gasteiger partial charge in [-0.3, -0.25) is 4.99 Å². The number of guanidine groups is 1. The highest BCUT2D eigenvalue weighted by Gasteiger charge is 2.08. The first kappa shape index (κ1) is 23.0. The van der Waals surface area contributed by atoms with Crippen molar-refractivity contribution in [3.05, 3.63) is 59.4 Å². The third-order valence-corrected chi connectivity index (χ3v) is 3.88. The number of benzene rings is 2. The molecule has 0 radical (unpaired) electrons. The molecule has 2 aromatic carbocycles. The fourth-order valence-corrected chi connectivity index (χ4v) is 2.41. The van der Waals surface area contributed by atoms with E-state index in [4.69, 9.17) is 9.47 Å². The molecule has 0 fully saturated rings. The van der Waals surface area contributed by atoms with Crippen LogP contribution in [-0.4, -0.2) is 32.8 Å². The molecule has 0 aliphatic rings. The molecule has 2 rings (SSSR count). The van der Waals surface area contributed by atoms with Crippen molar-refractivity contribution in [2.45, 2.75) is 26.5 Å². The Morgan fingerprint density at radius 3 is 2.52 bits per heavy atom. The lowest BCUT2D eigenvalue weighted by molar-refractivity contribution is 0.222. The summed E-state index contributed by atoms with van der Waals surface area (Å²) >= 11 is 0. The van der Waals surface area contributed by atoms with Gasteiger partial charge < -0.3 is 20.1 Å². The second kappa shape index (κ2) is 11.6. The lowest BCUT2D eigenvalue weighted by Gasteiger charge is -2.19. The molecule has 0 aromatic heterocycles. The maximum absolute atomic E-state index is 13.7. The number of hydrogen-bond acceptors (Lipinski definition) is 3. The van der Waals surface area contributed by atoms with Crippen LogP contribution in [0.2, 0.25) is 0 Å². The van der Waals surface area contributed by atoms with Gasteiger partial charge in [0.25, 0.3) is 0 Å². The monoisotopic (exact) mass is 487 g/mol.